The summed E-state index contributed by atoms with van der Waals surface area (Å²) in [5.41, 5.74) is 1.66. The number of aromatic nitrogens is 2. The molecule has 1 fully saturated rings. The lowest BCUT2D eigenvalue weighted by Crippen LogP contribution is -2.24. The van der Waals surface area contributed by atoms with Gasteiger partial charge in [-0.2, -0.15) is 4.98 Å². The number of methoxy groups -OCH3 is 1. The number of hydrogen-bond donors (Lipinski definition) is 1. The van der Waals surface area contributed by atoms with Crippen molar-refractivity contribution in [3.63, 3.8) is 0 Å². The van der Waals surface area contributed by atoms with E-state index in [0.29, 0.717) is 23.9 Å². The van der Waals surface area contributed by atoms with E-state index in [0.717, 1.165) is 24.3 Å². The second-order valence-corrected chi connectivity index (χ2v) is 6.55. The lowest BCUT2D eigenvalue weighted by atomic mass is 10.2. The molecule has 0 aliphatic carbocycles. The Morgan fingerprint density at radius 2 is 2.12 bits per heavy atom. The Hall–Kier alpha value is -2.57. The molecule has 3 rings (SSSR count). The summed E-state index contributed by atoms with van der Waals surface area (Å²) in [6.45, 7) is 6.73. The number of amides is 1. The molecule has 7 nitrogen and oxygen atoms in total. The second kappa shape index (κ2) is 7.13. The Labute approximate surface area is 147 Å². The third-order valence-corrected chi connectivity index (χ3v) is 4.27. The number of hydrogen-bond acceptors (Lipinski definition) is 6. The van der Waals surface area contributed by atoms with E-state index >= 15 is 0 Å². The van der Waals surface area contributed by atoms with E-state index in [1.54, 1.807) is 12.0 Å². The zero-order valence-corrected chi connectivity index (χ0v) is 15.1. The molecule has 0 bridgehead atoms. The van der Waals surface area contributed by atoms with Crippen LogP contribution in [0.2, 0.25) is 0 Å². The van der Waals surface area contributed by atoms with Crippen molar-refractivity contribution in [3.05, 3.63) is 29.9 Å². The van der Waals surface area contributed by atoms with Crippen molar-refractivity contribution in [2.45, 2.75) is 45.6 Å². The highest BCUT2D eigenvalue weighted by atomic mass is 16.5. The first-order valence-corrected chi connectivity index (χ1v) is 8.58. The first-order chi connectivity index (χ1) is 12.0. The zero-order valence-electron chi connectivity index (χ0n) is 15.1. The molecule has 7 heteroatoms. The van der Waals surface area contributed by atoms with Crippen molar-refractivity contribution >= 4 is 17.3 Å². The largest absolute Gasteiger partial charge is 0.495 e. The van der Waals surface area contributed by atoms with Gasteiger partial charge in [-0.1, -0.05) is 19.0 Å². The molecule has 0 spiro atoms. The predicted molar refractivity (Wildman–Crippen MR) is 95.0 cm³/mol. The first-order valence-electron chi connectivity index (χ1n) is 8.58. The summed E-state index contributed by atoms with van der Waals surface area (Å²) in [4.78, 5) is 18.3. The highest BCUT2D eigenvalue weighted by Crippen LogP contribution is 2.35. The van der Waals surface area contributed by atoms with Crippen LogP contribution in [-0.4, -0.2) is 29.7 Å². The topological polar surface area (TPSA) is 80.5 Å². The van der Waals surface area contributed by atoms with Crippen LogP contribution in [0.5, 0.6) is 5.75 Å². The van der Waals surface area contributed by atoms with Crippen LogP contribution in [0.25, 0.3) is 0 Å². The van der Waals surface area contributed by atoms with Crippen molar-refractivity contribution in [1.82, 2.24) is 10.1 Å². The fraction of sp³-hybridized carbons (Fsp3) is 0.500. The molecule has 1 aromatic carbocycles. The Morgan fingerprint density at radius 1 is 1.32 bits per heavy atom. The molecule has 1 aromatic heterocycles. The van der Waals surface area contributed by atoms with E-state index in [4.69, 9.17) is 9.26 Å². The van der Waals surface area contributed by atoms with E-state index in [1.165, 1.54) is 0 Å². The van der Waals surface area contributed by atoms with Crippen molar-refractivity contribution in [1.29, 1.82) is 0 Å². The molecule has 1 saturated heterocycles. The van der Waals surface area contributed by atoms with Gasteiger partial charge in [0.05, 0.1) is 12.8 Å². The lowest BCUT2D eigenvalue weighted by molar-refractivity contribution is -0.117. The number of ether oxygens (including phenoxy) is 1. The first kappa shape index (κ1) is 17.3. The van der Waals surface area contributed by atoms with E-state index in [1.807, 2.05) is 39.0 Å². The lowest BCUT2D eigenvalue weighted by Gasteiger charge is -2.21. The average molecular weight is 344 g/mol. The van der Waals surface area contributed by atoms with Crippen LogP contribution in [0, 0.1) is 0 Å². The van der Waals surface area contributed by atoms with Gasteiger partial charge in [0.2, 0.25) is 11.8 Å². The zero-order chi connectivity index (χ0) is 18.0. The maximum atomic E-state index is 12.1. The van der Waals surface area contributed by atoms with Gasteiger partial charge in [-0.15, -0.1) is 0 Å². The maximum Gasteiger partial charge on any atom is 0.248 e. The summed E-state index contributed by atoms with van der Waals surface area (Å²) in [5, 5.41) is 7.35. The number of nitrogens with zero attached hydrogens (tertiary/aromatic N) is 3. The third-order valence-electron chi connectivity index (χ3n) is 4.27. The molecule has 134 valence electrons. The molecule has 1 aliphatic rings. The molecule has 1 aliphatic heterocycles. The molecular weight excluding hydrogens is 320 g/mol. The molecule has 0 radical (unpaired) electrons. The minimum atomic E-state index is -0.143. The average Bonchev–Trinajstić information content (AvgIpc) is 3.24. The molecule has 0 unspecified atom stereocenters. The molecule has 2 heterocycles. The van der Waals surface area contributed by atoms with Gasteiger partial charge < -0.3 is 19.5 Å². The maximum absolute atomic E-state index is 12.1. The van der Waals surface area contributed by atoms with Gasteiger partial charge in [0.15, 0.2) is 5.82 Å². The summed E-state index contributed by atoms with van der Waals surface area (Å²) in [5.74, 6) is 2.27. The second-order valence-electron chi connectivity index (χ2n) is 6.55. The molecular formula is C18H24N4O3. The molecule has 0 saturated carbocycles. The smallest absolute Gasteiger partial charge is 0.248 e. The van der Waals surface area contributed by atoms with Crippen LogP contribution < -0.4 is 15.0 Å². The van der Waals surface area contributed by atoms with Crippen molar-refractivity contribution < 1.29 is 14.1 Å². The predicted octanol–water partition coefficient (Wildman–Crippen LogP) is 3.50. The summed E-state index contributed by atoms with van der Waals surface area (Å²) >= 11 is 0. The van der Waals surface area contributed by atoms with E-state index in [9.17, 15) is 4.79 Å². The van der Waals surface area contributed by atoms with Crippen molar-refractivity contribution in [2.75, 3.05) is 23.9 Å². The Balaban J connectivity index is 1.81. The van der Waals surface area contributed by atoms with Crippen LogP contribution in [0.15, 0.2) is 22.7 Å². The number of carbonyl (C=O) groups excluding carboxylic acids is 1. The fourth-order valence-electron chi connectivity index (χ4n) is 2.86. The van der Waals surface area contributed by atoms with Crippen LogP contribution >= 0.6 is 0 Å². The van der Waals surface area contributed by atoms with Crippen molar-refractivity contribution in [3.8, 4) is 5.75 Å². The third kappa shape index (κ3) is 3.60. The van der Waals surface area contributed by atoms with Gasteiger partial charge in [-0.25, -0.2) is 0 Å². The summed E-state index contributed by atoms with van der Waals surface area (Å²) < 4.78 is 10.8. The van der Waals surface area contributed by atoms with Gasteiger partial charge in [0.1, 0.15) is 11.8 Å². The van der Waals surface area contributed by atoms with Gasteiger partial charge in [-0.3, -0.25) is 4.79 Å². The molecule has 1 N–H and O–H groups in total. The quantitative estimate of drug-likeness (QED) is 0.864. The Bertz CT molecular complexity index is 757. The number of nitrogens with one attached hydrogen (secondary N) is 1. The number of benzene rings is 1. The van der Waals surface area contributed by atoms with Crippen molar-refractivity contribution in [2.24, 2.45) is 0 Å². The normalized spacial score (nSPS) is 15.7. The number of anilines is 2. The summed E-state index contributed by atoms with van der Waals surface area (Å²) in [7, 11) is 1.61. The monoisotopic (exact) mass is 344 g/mol. The van der Waals surface area contributed by atoms with Gasteiger partial charge in [0, 0.05) is 24.6 Å². The minimum Gasteiger partial charge on any atom is -0.495 e. The number of rotatable bonds is 6. The fourth-order valence-corrected chi connectivity index (χ4v) is 2.86. The molecule has 2 aromatic rings. The van der Waals surface area contributed by atoms with Crippen LogP contribution in [-0.2, 0) is 4.79 Å². The van der Waals surface area contributed by atoms with Crippen LogP contribution in [0.1, 0.15) is 57.3 Å². The van der Waals surface area contributed by atoms with Crippen LogP contribution in [0.3, 0.4) is 0 Å². The molecule has 1 amide bonds. The SMILES string of the molecule is COc1ccc(N[C@@H](C)c2nc(C(C)C)no2)cc1N1CCCC1=O. The highest BCUT2D eigenvalue weighted by molar-refractivity contribution is 5.97. The van der Waals surface area contributed by atoms with Gasteiger partial charge in [0.25, 0.3) is 0 Å². The van der Waals surface area contributed by atoms with E-state index < -0.39 is 0 Å². The Kier molecular flexibility index (Phi) is 4.92. The molecule has 25 heavy (non-hydrogen) atoms. The van der Waals surface area contributed by atoms with Gasteiger partial charge in [-0.05, 0) is 31.5 Å². The summed E-state index contributed by atoms with van der Waals surface area (Å²) in [6.07, 6.45) is 1.45. The van der Waals surface area contributed by atoms with E-state index in [-0.39, 0.29) is 17.9 Å². The highest BCUT2D eigenvalue weighted by Gasteiger charge is 2.25. The van der Waals surface area contributed by atoms with Crippen LogP contribution in [0.4, 0.5) is 11.4 Å². The summed E-state index contributed by atoms with van der Waals surface area (Å²) in [6, 6.07) is 5.57. The van der Waals surface area contributed by atoms with Gasteiger partial charge >= 0.3 is 0 Å². The minimum absolute atomic E-state index is 0.127. The Morgan fingerprint density at radius 3 is 2.72 bits per heavy atom. The molecule has 1 atom stereocenters. The van der Waals surface area contributed by atoms with E-state index in [2.05, 4.69) is 15.5 Å². The number of carbonyl (C=O) groups is 1. The standard InChI is InChI=1S/C18H24N4O3/c1-11(2)17-20-18(25-21-17)12(3)19-13-7-8-15(24-4)14(10-13)22-9-5-6-16(22)23/h7-8,10-12,19H,5-6,9H2,1-4H3/t12-/m0/s1.